The largest absolute Gasteiger partial charge is 0.382 e. The first-order valence-corrected chi connectivity index (χ1v) is 12.4. The number of carbonyl (C=O) groups excluding carboxylic acids is 1. The molecule has 3 aromatic rings. The van der Waals surface area contributed by atoms with Gasteiger partial charge in [-0.1, -0.05) is 18.2 Å². The van der Waals surface area contributed by atoms with Crippen LogP contribution in [0.3, 0.4) is 0 Å². The Morgan fingerprint density at radius 2 is 1.91 bits per heavy atom. The number of amides is 1. The van der Waals surface area contributed by atoms with Crippen LogP contribution < -0.4 is 15.8 Å². The van der Waals surface area contributed by atoms with Gasteiger partial charge in [-0.3, -0.25) is 4.79 Å². The highest BCUT2D eigenvalue weighted by atomic mass is 32.2. The minimum absolute atomic E-state index is 0.0204. The van der Waals surface area contributed by atoms with Crippen molar-refractivity contribution in [3.63, 3.8) is 0 Å². The molecule has 0 spiro atoms. The van der Waals surface area contributed by atoms with E-state index in [0.717, 1.165) is 19.4 Å². The smallest absolute Gasteiger partial charge is 0.279 e. The highest BCUT2D eigenvalue weighted by molar-refractivity contribution is 7.89. The van der Waals surface area contributed by atoms with Crippen LogP contribution in [0.2, 0.25) is 0 Å². The molecule has 2 aromatic heterocycles. The molecule has 1 aliphatic rings. The van der Waals surface area contributed by atoms with Crippen LogP contribution in [-0.2, 0) is 10.0 Å². The number of anilines is 2. The van der Waals surface area contributed by atoms with Gasteiger partial charge >= 0.3 is 0 Å². The van der Waals surface area contributed by atoms with Gasteiger partial charge in [-0.15, -0.1) is 0 Å². The van der Waals surface area contributed by atoms with Crippen LogP contribution in [0, 0.1) is 0 Å². The van der Waals surface area contributed by atoms with E-state index in [0.29, 0.717) is 23.1 Å². The predicted octanol–water partition coefficient (Wildman–Crippen LogP) is 2.13. The second kappa shape index (κ2) is 9.84. The Kier molecular flexibility index (Phi) is 6.87. The van der Waals surface area contributed by atoms with E-state index in [1.165, 1.54) is 18.3 Å². The van der Waals surface area contributed by atoms with E-state index in [4.69, 9.17) is 5.73 Å². The fraction of sp³-hybridized carbons (Fsp3) is 0.304. The maximum atomic E-state index is 12.9. The summed E-state index contributed by atoms with van der Waals surface area (Å²) < 4.78 is 28.6. The maximum Gasteiger partial charge on any atom is 0.279 e. The number of carbonyl (C=O) groups is 1. The van der Waals surface area contributed by atoms with Crippen LogP contribution >= 0.6 is 0 Å². The van der Waals surface area contributed by atoms with Gasteiger partial charge in [-0.05, 0) is 57.6 Å². The molecule has 2 unspecified atom stereocenters. The van der Waals surface area contributed by atoms with Crippen LogP contribution in [0.1, 0.15) is 30.3 Å². The van der Waals surface area contributed by atoms with Crippen LogP contribution in [0.5, 0.6) is 0 Å². The minimum atomic E-state index is -3.66. The van der Waals surface area contributed by atoms with E-state index >= 15 is 0 Å². The van der Waals surface area contributed by atoms with Crippen molar-refractivity contribution in [2.45, 2.75) is 36.7 Å². The lowest BCUT2D eigenvalue weighted by Crippen LogP contribution is -2.47. The van der Waals surface area contributed by atoms with E-state index < -0.39 is 15.9 Å². The van der Waals surface area contributed by atoms with E-state index in [9.17, 15) is 13.2 Å². The molecule has 10 nitrogen and oxygen atoms in total. The summed E-state index contributed by atoms with van der Waals surface area (Å²) in [4.78, 5) is 27.5. The highest BCUT2D eigenvalue weighted by Crippen LogP contribution is 2.23. The molecule has 4 rings (SSSR count). The van der Waals surface area contributed by atoms with Crippen LogP contribution in [-0.4, -0.2) is 59.9 Å². The number of likely N-dealkylation sites (tertiary alicyclic amines) is 1. The number of aromatic nitrogens is 3. The van der Waals surface area contributed by atoms with Crippen molar-refractivity contribution in [3.05, 3.63) is 60.6 Å². The second-order valence-electron chi connectivity index (χ2n) is 8.35. The van der Waals surface area contributed by atoms with Crippen molar-refractivity contribution in [2.75, 3.05) is 24.6 Å². The molecule has 1 amide bonds. The van der Waals surface area contributed by atoms with Crippen molar-refractivity contribution < 1.29 is 13.2 Å². The van der Waals surface area contributed by atoms with Crippen molar-refractivity contribution >= 4 is 27.6 Å². The first kappa shape index (κ1) is 23.7. The zero-order valence-electron chi connectivity index (χ0n) is 19.0. The van der Waals surface area contributed by atoms with E-state index in [2.05, 4.69) is 36.8 Å². The van der Waals surface area contributed by atoms with Crippen molar-refractivity contribution in [1.29, 1.82) is 0 Å². The Morgan fingerprint density at radius 3 is 2.59 bits per heavy atom. The summed E-state index contributed by atoms with van der Waals surface area (Å²) in [5.74, 6) is -0.200. The molecule has 1 saturated heterocycles. The summed E-state index contributed by atoms with van der Waals surface area (Å²) in [6.07, 6.45) is 4.52. The van der Waals surface area contributed by atoms with Gasteiger partial charge in [0.15, 0.2) is 11.5 Å². The second-order valence-corrected chi connectivity index (χ2v) is 10.1. The number of hydrogen-bond acceptors (Lipinski definition) is 8. The molecule has 1 aromatic carbocycles. The Balaban J connectivity index is 1.50. The fourth-order valence-corrected chi connectivity index (χ4v) is 5.09. The summed E-state index contributed by atoms with van der Waals surface area (Å²) in [6, 6.07) is 11.6. The van der Waals surface area contributed by atoms with Crippen LogP contribution in [0.25, 0.3) is 11.3 Å². The molecule has 11 heteroatoms. The quantitative estimate of drug-likeness (QED) is 0.486. The van der Waals surface area contributed by atoms with E-state index in [1.54, 1.807) is 36.5 Å². The number of pyridine rings is 1. The number of sulfonamides is 1. The van der Waals surface area contributed by atoms with E-state index in [-0.39, 0.29) is 22.4 Å². The summed E-state index contributed by atoms with van der Waals surface area (Å²) in [7, 11) is -1.61. The Morgan fingerprint density at radius 1 is 1.15 bits per heavy atom. The third-order valence-corrected chi connectivity index (χ3v) is 7.45. The van der Waals surface area contributed by atoms with Crippen LogP contribution in [0.4, 0.5) is 11.6 Å². The molecule has 0 radical (unpaired) electrons. The van der Waals surface area contributed by atoms with Gasteiger partial charge in [-0.25, -0.2) is 28.1 Å². The standard InChI is InChI=1S/C23H27N7O3S/c1-15-13-17(10-12-30(15)2)29-34(32,33)18-8-6-16(7-9-18)19-14-26-22(24)21(27-19)23(31)28-20-5-3-4-11-25-20/h3-9,11,14-15,17,29H,10,12-13H2,1-2H3,(H2,24,26)(H,25,28,31). The highest BCUT2D eigenvalue weighted by Gasteiger charge is 2.27. The number of nitrogen functional groups attached to an aromatic ring is 1. The van der Waals surface area contributed by atoms with E-state index in [1.807, 2.05) is 7.05 Å². The molecule has 2 atom stereocenters. The lowest BCUT2D eigenvalue weighted by Gasteiger charge is -2.35. The van der Waals surface area contributed by atoms with Gasteiger partial charge in [-0.2, -0.15) is 0 Å². The Labute approximate surface area is 198 Å². The summed E-state index contributed by atoms with van der Waals surface area (Å²) >= 11 is 0. The maximum absolute atomic E-state index is 12.9. The van der Waals surface area contributed by atoms with Crippen molar-refractivity contribution in [1.82, 2.24) is 24.6 Å². The Hall–Kier alpha value is -3.41. The molecule has 3 heterocycles. The van der Waals surface area contributed by atoms with Gasteiger partial charge < -0.3 is 16.0 Å². The van der Waals surface area contributed by atoms with Gasteiger partial charge in [0.25, 0.3) is 5.91 Å². The van der Waals surface area contributed by atoms with Gasteiger partial charge in [0.05, 0.1) is 16.8 Å². The number of benzene rings is 1. The SMILES string of the molecule is CC1CC(NS(=O)(=O)c2ccc(-c3cnc(N)c(C(=O)Nc4ccccn4)n3)cc2)CCN1C. The number of hydrogen-bond donors (Lipinski definition) is 3. The average molecular weight is 482 g/mol. The zero-order valence-corrected chi connectivity index (χ0v) is 19.8. The van der Waals surface area contributed by atoms with Gasteiger partial charge in [0.2, 0.25) is 10.0 Å². The number of nitrogens with two attached hydrogens (primary N) is 1. The third kappa shape index (κ3) is 5.38. The molecule has 4 N–H and O–H groups in total. The summed E-state index contributed by atoms with van der Waals surface area (Å²) in [6.45, 7) is 2.94. The molecule has 0 aliphatic carbocycles. The van der Waals surface area contributed by atoms with Crippen LogP contribution in [0.15, 0.2) is 59.8 Å². The molecule has 34 heavy (non-hydrogen) atoms. The Bertz CT molecular complexity index is 1270. The lowest BCUT2D eigenvalue weighted by molar-refractivity contribution is 0.102. The van der Waals surface area contributed by atoms with Crippen molar-refractivity contribution in [2.24, 2.45) is 0 Å². The molecule has 0 saturated carbocycles. The monoisotopic (exact) mass is 481 g/mol. The minimum Gasteiger partial charge on any atom is -0.382 e. The van der Waals surface area contributed by atoms with Crippen molar-refractivity contribution in [3.8, 4) is 11.3 Å². The summed E-state index contributed by atoms with van der Waals surface area (Å²) in [5.41, 5.74) is 6.81. The predicted molar refractivity (Wildman–Crippen MR) is 130 cm³/mol. The molecule has 1 aliphatic heterocycles. The normalized spacial score (nSPS) is 19.0. The molecule has 178 valence electrons. The number of piperidine rings is 1. The molecular weight excluding hydrogens is 454 g/mol. The lowest BCUT2D eigenvalue weighted by atomic mass is 10.0. The topological polar surface area (TPSA) is 143 Å². The molecule has 0 bridgehead atoms. The molecular formula is C23H27N7O3S. The average Bonchev–Trinajstić information content (AvgIpc) is 2.82. The van der Waals surface area contributed by atoms with Gasteiger partial charge in [0, 0.05) is 23.8 Å². The number of nitrogens with one attached hydrogen (secondary N) is 2. The summed E-state index contributed by atoms with van der Waals surface area (Å²) in [5, 5.41) is 2.63. The first-order valence-electron chi connectivity index (χ1n) is 10.9. The first-order chi connectivity index (χ1) is 16.2. The third-order valence-electron chi connectivity index (χ3n) is 5.91. The fourth-order valence-electron chi connectivity index (χ4n) is 3.81. The zero-order chi connectivity index (χ0) is 24.3. The number of rotatable bonds is 6. The van der Waals surface area contributed by atoms with Gasteiger partial charge in [0.1, 0.15) is 5.82 Å². The number of nitrogens with zero attached hydrogens (tertiary/aromatic N) is 4. The molecule has 1 fully saturated rings.